The molecule has 126 heavy (non-hydrogen) atoms. The van der Waals surface area contributed by atoms with Crippen LogP contribution < -0.4 is 0 Å². The zero-order chi connectivity index (χ0) is 0. The van der Waals surface area contributed by atoms with Crippen molar-refractivity contribution in [2.24, 2.45) is 0 Å². The maximum Gasteiger partial charge on any atom is 2.00 e. The first-order chi connectivity index (χ1) is 0. The van der Waals surface area contributed by atoms with Crippen LogP contribution >= 0.6 is 0 Å². The van der Waals surface area contributed by atoms with E-state index in [0.29, 0.717) is 0 Å². The van der Waals surface area contributed by atoms with E-state index in [2.05, 4.69) is 0 Å². The number of hydrogen-bond acceptors (Lipinski definition) is 0. The van der Waals surface area contributed by atoms with Crippen LogP contribution in [0.3, 0.4) is 0 Å². The maximum absolute atomic E-state index is 0. The quantitative estimate of drug-likeness (QED) is 0.204. The molecule has 0 radical (unpaired) electrons. The second-order valence-corrected chi connectivity index (χ2v) is 0. The third-order valence-electron chi connectivity index (χ3n) is 0. The van der Waals surface area contributed by atoms with Crippen molar-refractivity contribution in [1.82, 2.24) is 0 Å². The summed E-state index contributed by atoms with van der Waals surface area (Å²) in [6, 6.07) is 0. The molecule has 0 heterocycles. The third kappa shape index (κ3) is 87900. The zero-order valence-electron chi connectivity index (χ0n) is 51.7. The fourth-order valence-corrected chi connectivity index (χ4v) is 0. The first-order valence-electron chi connectivity index (χ1n) is 0. The van der Waals surface area contributed by atoms with E-state index in [1.54, 1.807) is 0 Å². The fourth-order valence-electron chi connectivity index (χ4n) is 0. The second kappa shape index (κ2) is 90100. The molecule has 0 atom stereocenters. The van der Waals surface area contributed by atoms with Gasteiger partial charge in [0.25, 0.3) is 0 Å². The molecule has 0 aliphatic carbocycles. The van der Waals surface area contributed by atoms with Crippen LogP contribution in [0.1, 0.15) is 0 Å². The normalized spacial score (nSPS) is 0. The van der Waals surface area contributed by atoms with E-state index in [4.69, 9.17) is 0 Å². The Labute approximate surface area is 705 Å². The molecule has 0 N–H and O–H groups in total. The van der Waals surface area contributed by atoms with Crippen LogP contribution in [-0.4, -0.2) is 0 Å². The number of hydrogen-bond donors (Lipinski definition) is 0. The molecule has 1000 valence electrons. The van der Waals surface area contributed by atoms with Gasteiger partial charge in [0.05, 0.1) is 0 Å². The van der Waals surface area contributed by atoms with Crippen molar-refractivity contribution in [3.05, 3.63) is 0 Å². The summed E-state index contributed by atoms with van der Waals surface area (Å²) in [4.78, 5) is 0. The minimum absolute atomic E-state index is 0. The molecule has 0 saturated carbocycles. The first kappa shape index (κ1) is 92400. The molecule has 0 aromatic carbocycles. The van der Waals surface area contributed by atoms with Gasteiger partial charge in [-0.2, -0.15) is 0 Å². The Bertz CT molecular complexity index is 8.41. The van der Waals surface area contributed by atoms with Crippen LogP contribution in [0.5, 0.6) is 0 Å². The summed E-state index contributed by atoms with van der Waals surface area (Å²) in [5.41, 5.74) is 0. The van der Waals surface area contributed by atoms with Gasteiger partial charge in [0.1, 0.15) is 0 Å². The zero-order valence-corrected chi connectivity index (χ0v) is 54.7. The van der Waals surface area contributed by atoms with E-state index in [-0.39, 0.29) is 704 Å². The molecular formula is O125Zn-248. The summed E-state index contributed by atoms with van der Waals surface area (Å²) >= 11 is 0. The Hall–Kier alpha value is -4.38. The van der Waals surface area contributed by atoms with Crippen LogP contribution in [0.2, 0.25) is 0 Å². The summed E-state index contributed by atoms with van der Waals surface area (Å²) in [5.74, 6) is 0. The van der Waals surface area contributed by atoms with Crippen LogP contribution in [-0.2, 0) is 704 Å². The van der Waals surface area contributed by atoms with E-state index in [1.165, 1.54) is 0 Å². The largest absolute Gasteiger partial charge is 2.00 e. The average Bonchev–Trinajstić information content (AvgIpc) is 0. The molecule has 0 aromatic rings. The van der Waals surface area contributed by atoms with E-state index in [1.807, 2.05) is 0 Å². The van der Waals surface area contributed by atoms with Gasteiger partial charge in [0, 0.05) is 0 Å². The van der Waals surface area contributed by atoms with Crippen molar-refractivity contribution in [2.75, 3.05) is 0 Å². The van der Waals surface area contributed by atoms with E-state index >= 15 is 0 Å². The summed E-state index contributed by atoms with van der Waals surface area (Å²) < 4.78 is 0. The molecule has 0 amide bonds. The molecule has 0 aromatic heterocycles. The molecule has 0 spiro atoms. The predicted octanol–water partition coefficient (Wildman–Crippen LogP) is -14.9. The molecule has 0 fully saturated rings. The summed E-state index contributed by atoms with van der Waals surface area (Å²) in [6.45, 7) is 0. The molecule has 125 nitrogen and oxygen atoms in total. The first-order valence-corrected chi connectivity index (χ1v) is 0. The Morgan fingerprint density at radius 1 is 0.0159 bits per heavy atom. The van der Waals surface area contributed by atoms with E-state index < -0.39 is 0 Å². The Morgan fingerprint density at radius 2 is 0.0159 bits per heavy atom. The molecular weight excluding hydrogens is 2070 g/mol. The van der Waals surface area contributed by atoms with E-state index in [9.17, 15) is 0 Å². The van der Waals surface area contributed by atoms with Gasteiger partial charge in [-0.25, -0.2) is 0 Å². The topological polar surface area (TPSA) is 3560 Å². The molecule has 0 aliphatic rings. The summed E-state index contributed by atoms with van der Waals surface area (Å²) in [7, 11) is 0. The molecule has 126 heteroatoms. The van der Waals surface area contributed by atoms with Gasteiger partial charge in [-0.3, -0.25) is 0 Å². The minimum Gasteiger partial charge on any atom is -2.00 e. The van der Waals surface area contributed by atoms with Crippen LogP contribution in [0.15, 0.2) is 0 Å². The molecule has 0 unspecified atom stereocenters. The Balaban J connectivity index is 0. The van der Waals surface area contributed by atoms with Gasteiger partial charge in [-0.05, 0) is 0 Å². The van der Waals surface area contributed by atoms with Crippen LogP contribution in [0.4, 0.5) is 0 Å². The van der Waals surface area contributed by atoms with Crippen LogP contribution in [0.25, 0.3) is 0 Å². The SMILES string of the molecule is [O-2].[O-2].[O-2].[O-2].[O-2].[O-2].[O-2].[O-2].[O-2].[O-2].[O-2].[O-2].[O-2].[O-2].[O-2].[O-2].[O-2].[O-2].[O-2].[O-2].[O-2].[O-2].[O-2].[O-2].[O-2].[O-2].[O-2].[O-2].[O-2].[O-2].[O-2].[O-2].[O-2].[O-2].[O-2].[O-2].[O-2].[O-2].[O-2].[O-2].[O-2].[O-2].[O-2].[O-2].[O-2].[O-2].[O-2].[O-2].[O-2].[O-2].[O-2].[O-2].[O-2].[O-2].[O-2].[O-2].[O-2].[O-2].[O-2].[O-2].[O-2].[O-2].[O-2].[O-2].[O-2].[O-2].[O-2].[O-2].[O-2].[O-2].[O-2].[O-2].[O-2].[O-2].[O-2].[O-2].[O-2].[O-2].[O-2].[O-2].[O-2].[O-2].[O-2].[O-2].[O-2].[O-2].[O-2].[O-2].[O-2].[O-2].[O-2].[O-2].[O-2].[O-2].[O-2].[O-2].[O-2].[O-2].[O-2].[O-2].[O-2].[O-2].[O-2].[O-2].[O-2].[O-2].[O-2].[O-2].[O-2].[O-2].[O-2].[O-2].[O-2].[O-2].[O-2].[O-2].[O-2].[O-2].[O-2].[O-2].[O-2].[O-2].[O-2].[O-2].[O-2].[Zn+2]. The van der Waals surface area contributed by atoms with Gasteiger partial charge in [-0.15, -0.1) is 0 Å². The average molecular weight is 2070 g/mol. The van der Waals surface area contributed by atoms with Crippen molar-refractivity contribution in [1.29, 1.82) is 0 Å². The van der Waals surface area contributed by atoms with Gasteiger partial charge in [-0.1, -0.05) is 0 Å². The van der Waals surface area contributed by atoms with Crippen LogP contribution in [0, 0.1) is 0 Å². The molecule has 0 rings (SSSR count). The van der Waals surface area contributed by atoms with Crippen molar-refractivity contribution in [3.63, 3.8) is 0 Å². The standard InChI is InChI=1S/125O.Zn/q125*-2;+2. The Kier molecular flexibility index (Phi) is 66100000. The smallest absolute Gasteiger partial charge is 2.00 e. The maximum atomic E-state index is 0. The van der Waals surface area contributed by atoms with Crippen molar-refractivity contribution < 1.29 is 704 Å². The minimum atomic E-state index is 0. The fraction of sp³-hybridized carbons (Fsp3) is 0. The molecule has 0 aliphatic heterocycles. The summed E-state index contributed by atoms with van der Waals surface area (Å²) in [6.07, 6.45) is 0. The third-order valence-corrected chi connectivity index (χ3v) is 0. The molecule has 0 saturated heterocycles. The van der Waals surface area contributed by atoms with Crippen molar-refractivity contribution >= 4 is 0 Å². The predicted molar refractivity (Wildman–Crippen MR) is 85.8 cm³/mol. The van der Waals surface area contributed by atoms with E-state index in [0.717, 1.165) is 0 Å². The molecule has 0 bridgehead atoms. The van der Waals surface area contributed by atoms with Gasteiger partial charge >= 0.3 is 19.5 Å². The van der Waals surface area contributed by atoms with Gasteiger partial charge in [0.15, 0.2) is 0 Å². The Morgan fingerprint density at radius 3 is 0.0159 bits per heavy atom. The van der Waals surface area contributed by atoms with Crippen molar-refractivity contribution in [3.8, 4) is 0 Å². The van der Waals surface area contributed by atoms with Gasteiger partial charge in [0.2, 0.25) is 0 Å². The van der Waals surface area contributed by atoms with Gasteiger partial charge < -0.3 is 685 Å². The number of rotatable bonds is 0. The summed E-state index contributed by atoms with van der Waals surface area (Å²) in [5, 5.41) is 0. The van der Waals surface area contributed by atoms with Crippen molar-refractivity contribution in [2.45, 2.75) is 0 Å². The second-order valence-electron chi connectivity index (χ2n) is 0. The monoisotopic (exact) mass is 2060 g/mol.